The summed E-state index contributed by atoms with van der Waals surface area (Å²) in [7, 11) is -3.50. The highest BCUT2D eigenvalue weighted by Gasteiger charge is 2.25. The van der Waals surface area contributed by atoms with Crippen LogP contribution in [0.4, 0.5) is 0 Å². The van der Waals surface area contributed by atoms with Gasteiger partial charge in [0, 0.05) is 25.6 Å². The normalized spacial score (nSPS) is 17.4. The first-order valence-electron chi connectivity index (χ1n) is 8.17. The standard InChI is InChI=1S/C19H21NO4S/c1-13(21)24-18-11-16-15(10-19(18)25(2,22)23)8-9-20-12-17(16)14-6-4-3-5-7-14/h3-7,10-11,17,20H,8-9,12H2,1-2H3. The Morgan fingerprint density at radius 2 is 1.92 bits per heavy atom. The van der Waals surface area contributed by atoms with E-state index < -0.39 is 15.8 Å². The van der Waals surface area contributed by atoms with Gasteiger partial charge >= 0.3 is 5.97 Å². The van der Waals surface area contributed by atoms with Crippen molar-refractivity contribution in [2.75, 3.05) is 19.3 Å². The lowest BCUT2D eigenvalue weighted by Gasteiger charge is -2.20. The zero-order chi connectivity index (χ0) is 18.0. The van der Waals surface area contributed by atoms with E-state index in [1.54, 1.807) is 12.1 Å². The molecular weight excluding hydrogens is 338 g/mol. The van der Waals surface area contributed by atoms with Crippen molar-refractivity contribution in [3.63, 3.8) is 0 Å². The summed E-state index contributed by atoms with van der Waals surface area (Å²) in [6.07, 6.45) is 1.85. The highest BCUT2D eigenvalue weighted by atomic mass is 32.2. The number of carbonyl (C=O) groups is 1. The predicted octanol–water partition coefficient (Wildman–Crippen LogP) is 2.29. The van der Waals surface area contributed by atoms with Crippen molar-refractivity contribution >= 4 is 15.8 Å². The number of esters is 1. The SMILES string of the molecule is CC(=O)Oc1cc2c(cc1S(C)(=O)=O)CCNCC2c1ccccc1. The topological polar surface area (TPSA) is 72.5 Å². The zero-order valence-corrected chi connectivity index (χ0v) is 15.1. The third-order valence-electron chi connectivity index (χ3n) is 4.36. The van der Waals surface area contributed by atoms with Crippen LogP contribution < -0.4 is 10.1 Å². The number of rotatable bonds is 3. The van der Waals surface area contributed by atoms with Crippen LogP contribution in [0.3, 0.4) is 0 Å². The first-order valence-corrected chi connectivity index (χ1v) is 10.1. The summed E-state index contributed by atoms with van der Waals surface area (Å²) in [5.41, 5.74) is 3.11. The van der Waals surface area contributed by atoms with Crippen LogP contribution in [-0.2, 0) is 21.1 Å². The highest BCUT2D eigenvalue weighted by Crippen LogP contribution is 2.36. The van der Waals surface area contributed by atoms with Crippen LogP contribution in [0.5, 0.6) is 5.75 Å². The van der Waals surface area contributed by atoms with Gasteiger partial charge in [-0.05, 0) is 41.8 Å². The predicted molar refractivity (Wildman–Crippen MR) is 95.7 cm³/mol. The van der Waals surface area contributed by atoms with E-state index >= 15 is 0 Å². The van der Waals surface area contributed by atoms with Gasteiger partial charge in [0.15, 0.2) is 9.84 Å². The van der Waals surface area contributed by atoms with Gasteiger partial charge in [-0.1, -0.05) is 30.3 Å². The average molecular weight is 359 g/mol. The summed E-state index contributed by atoms with van der Waals surface area (Å²) >= 11 is 0. The van der Waals surface area contributed by atoms with E-state index in [0.29, 0.717) is 0 Å². The lowest BCUT2D eigenvalue weighted by atomic mass is 9.88. The number of fused-ring (bicyclic) bond motifs is 1. The Hall–Kier alpha value is -2.18. The molecule has 0 aliphatic carbocycles. The summed E-state index contributed by atoms with van der Waals surface area (Å²) in [4.78, 5) is 11.5. The van der Waals surface area contributed by atoms with Gasteiger partial charge < -0.3 is 10.1 Å². The molecule has 2 aromatic rings. The lowest BCUT2D eigenvalue weighted by Crippen LogP contribution is -2.20. The minimum absolute atomic E-state index is 0.0650. The van der Waals surface area contributed by atoms with E-state index in [9.17, 15) is 13.2 Å². The molecule has 1 aliphatic heterocycles. The molecular formula is C19H21NO4S. The summed E-state index contributed by atoms with van der Waals surface area (Å²) < 4.78 is 29.5. The number of nitrogens with one attached hydrogen (secondary N) is 1. The molecule has 0 aromatic heterocycles. The third kappa shape index (κ3) is 3.91. The van der Waals surface area contributed by atoms with Gasteiger partial charge in [-0.2, -0.15) is 0 Å². The van der Waals surface area contributed by atoms with E-state index in [1.165, 1.54) is 6.92 Å². The molecule has 0 amide bonds. The van der Waals surface area contributed by atoms with E-state index in [4.69, 9.17) is 4.74 Å². The van der Waals surface area contributed by atoms with Gasteiger partial charge in [0.2, 0.25) is 0 Å². The van der Waals surface area contributed by atoms with Gasteiger partial charge in [-0.15, -0.1) is 0 Å². The van der Waals surface area contributed by atoms with E-state index in [-0.39, 0.29) is 16.6 Å². The van der Waals surface area contributed by atoms with Crippen molar-refractivity contribution in [3.8, 4) is 5.75 Å². The van der Waals surface area contributed by atoms with Crippen molar-refractivity contribution < 1.29 is 17.9 Å². The molecule has 1 aliphatic rings. The summed E-state index contributed by atoms with van der Waals surface area (Å²) in [5, 5.41) is 3.40. The fourth-order valence-corrected chi connectivity index (χ4v) is 4.07. The molecule has 25 heavy (non-hydrogen) atoms. The Bertz CT molecular complexity index is 891. The maximum absolute atomic E-state index is 12.2. The van der Waals surface area contributed by atoms with Crippen molar-refractivity contribution in [2.24, 2.45) is 0 Å². The minimum Gasteiger partial charge on any atom is -0.425 e. The highest BCUT2D eigenvalue weighted by molar-refractivity contribution is 7.90. The second-order valence-corrected chi connectivity index (χ2v) is 8.27. The molecule has 3 rings (SSSR count). The van der Waals surface area contributed by atoms with Crippen LogP contribution in [0.25, 0.3) is 0 Å². The van der Waals surface area contributed by atoms with Crippen LogP contribution in [0.1, 0.15) is 29.5 Å². The minimum atomic E-state index is -3.50. The molecule has 5 nitrogen and oxygen atoms in total. The Morgan fingerprint density at radius 3 is 2.56 bits per heavy atom. The first-order chi connectivity index (χ1) is 11.9. The molecule has 0 saturated heterocycles. The van der Waals surface area contributed by atoms with Crippen LogP contribution >= 0.6 is 0 Å². The molecule has 0 bridgehead atoms. The number of sulfone groups is 1. The monoisotopic (exact) mass is 359 g/mol. The van der Waals surface area contributed by atoms with Crippen LogP contribution in [0, 0.1) is 0 Å². The van der Waals surface area contributed by atoms with Crippen molar-refractivity contribution in [2.45, 2.75) is 24.2 Å². The van der Waals surface area contributed by atoms with E-state index in [0.717, 1.165) is 42.5 Å². The Balaban J connectivity index is 2.19. The van der Waals surface area contributed by atoms with Gasteiger partial charge in [0.25, 0.3) is 0 Å². The molecule has 0 fully saturated rings. The molecule has 0 saturated carbocycles. The fourth-order valence-electron chi connectivity index (χ4n) is 3.25. The van der Waals surface area contributed by atoms with Crippen molar-refractivity contribution in [3.05, 3.63) is 59.2 Å². The molecule has 132 valence electrons. The van der Waals surface area contributed by atoms with Gasteiger partial charge in [0.05, 0.1) is 0 Å². The number of hydrogen-bond donors (Lipinski definition) is 1. The van der Waals surface area contributed by atoms with E-state index in [1.807, 2.05) is 18.2 Å². The average Bonchev–Trinajstić information content (AvgIpc) is 2.75. The number of ether oxygens (including phenoxy) is 1. The summed E-state index contributed by atoms with van der Waals surface area (Å²) in [5.74, 6) is -0.356. The second-order valence-electron chi connectivity index (χ2n) is 6.28. The Kier molecular flexibility index (Phi) is 4.92. The molecule has 1 heterocycles. The van der Waals surface area contributed by atoms with Gasteiger partial charge in [0.1, 0.15) is 10.6 Å². The molecule has 2 aromatic carbocycles. The van der Waals surface area contributed by atoms with Gasteiger partial charge in [-0.3, -0.25) is 4.79 Å². The maximum atomic E-state index is 12.2. The molecule has 6 heteroatoms. The zero-order valence-electron chi connectivity index (χ0n) is 14.3. The maximum Gasteiger partial charge on any atom is 0.308 e. The summed E-state index contributed by atoms with van der Waals surface area (Å²) in [6, 6.07) is 13.4. The quantitative estimate of drug-likeness (QED) is 0.672. The van der Waals surface area contributed by atoms with Crippen LogP contribution in [-0.4, -0.2) is 33.7 Å². The van der Waals surface area contributed by atoms with Crippen LogP contribution in [0.2, 0.25) is 0 Å². The smallest absolute Gasteiger partial charge is 0.308 e. The molecule has 1 atom stereocenters. The Morgan fingerprint density at radius 1 is 1.20 bits per heavy atom. The number of carbonyl (C=O) groups excluding carboxylic acids is 1. The summed E-state index contributed by atoms with van der Waals surface area (Å²) in [6.45, 7) is 2.79. The largest absolute Gasteiger partial charge is 0.425 e. The van der Waals surface area contributed by atoms with E-state index in [2.05, 4.69) is 17.4 Å². The lowest BCUT2D eigenvalue weighted by molar-refractivity contribution is -0.132. The van der Waals surface area contributed by atoms with Crippen molar-refractivity contribution in [1.82, 2.24) is 5.32 Å². The fraction of sp³-hybridized carbons (Fsp3) is 0.316. The molecule has 0 spiro atoms. The third-order valence-corrected chi connectivity index (χ3v) is 5.47. The number of hydrogen-bond acceptors (Lipinski definition) is 5. The number of benzene rings is 2. The van der Waals surface area contributed by atoms with Crippen LogP contribution in [0.15, 0.2) is 47.4 Å². The second kappa shape index (κ2) is 6.98. The molecule has 1 N–H and O–H groups in total. The molecule has 1 unspecified atom stereocenters. The first kappa shape index (κ1) is 17.6. The Labute approximate surface area is 147 Å². The van der Waals surface area contributed by atoms with Gasteiger partial charge in [-0.25, -0.2) is 8.42 Å². The molecule has 0 radical (unpaired) electrons. The van der Waals surface area contributed by atoms with Crippen molar-refractivity contribution in [1.29, 1.82) is 0 Å².